The lowest BCUT2D eigenvalue weighted by molar-refractivity contribution is -0.137. The number of carbonyl (C=O) groups excluding carboxylic acids is 1. The van der Waals surface area contributed by atoms with Crippen molar-refractivity contribution in [2.75, 3.05) is 28.7 Å². The quantitative estimate of drug-likeness (QED) is 0.109. The minimum Gasteiger partial charge on any atom is -0.463 e. The maximum Gasteiger partial charge on any atom is 0.330 e. The van der Waals surface area contributed by atoms with Crippen molar-refractivity contribution in [3.8, 4) is 0 Å². The fraction of sp³-hybridized carbons (Fsp3) is 0.207. The number of carbonyl (C=O) groups is 1. The summed E-state index contributed by atoms with van der Waals surface area (Å²) in [6.45, 7) is 7.16. The number of benzene rings is 2. The number of nitrogens with one attached hydrogen (secondary N) is 2. The van der Waals surface area contributed by atoms with E-state index in [-0.39, 0.29) is 5.95 Å². The standard InChI is InChI=1S/C17H20N4O2.C12H13IN4/c1-3-23-15(22)10-9-14-12(2)20-17(18)21-16(14)19-11-13-7-5-4-6-8-13;1-8-10(13)11(17-12(14)16-8)15-7-9-5-3-2-4-6-9/h4-10H,3,11H2,1-2H3,(H3,18,19,20,21);2-6H,7H2,1H3,(H3,14,15,16,17)/b10-9+;. The van der Waals surface area contributed by atoms with E-state index in [4.69, 9.17) is 16.2 Å². The molecule has 0 spiro atoms. The molecular weight excluding hydrogens is 619 g/mol. The van der Waals surface area contributed by atoms with Crippen LogP contribution in [0.1, 0.15) is 35.0 Å². The summed E-state index contributed by atoms with van der Waals surface area (Å²) in [6.07, 6.45) is 3.00. The number of hydrogen-bond acceptors (Lipinski definition) is 10. The third kappa shape index (κ3) is 9.49. The minimum atomic E-state index is -0.405. The highest BCUT2D eigenvalue weighted by molar-refractivity contribution is 14.1. The smallest absolute Gasteiger partial charge is 0.330 e. The molecule has 0 amide bonds. The maximum absolute atomic E-state index is 11.5. The zero-order valence-electron chi connectivity index (χ0n) is 22.7. The average Bonchev–Trinajstić information content (AvgIpc) is 2.94. The summed E-state index contributed by atoms with van der Waals surface area (Å²) in [5.74, 6) is 1.46. The van der Waals surface area contributed by atoms with Gasteiger partial charge in [0.15, 0.2) is 0 Å². The highest BCUT2D eigenvalue weighted by atomic mass is 127. The highest BCUT2D eigenvalue weighted by Crippen LogP contribution is 2.21. The van der Waals surface area contributed by atoms with Crippen LogP contribution in [-0.2, 0) is 22.6 Å². The second-order valence-electron chi connectivity index (χ2n) is 8.52. The van der Waals surface area contributed by atoms with Gasteiger partial charge in [-0.05, 0) is 60.6 Å². The number of nitrogen functional groups attached to an aromatic ring is 2. The van der Waals surface area contributed by atoms with E-state index in [1.54, 1.807) is 13.0 Å². The van der Waals surface area contributed by atoms with Gasteiger partial charge in [-0.15, -0.1) is 0 Å². The SMILES string of the molecule is CCOC(=O)/C=C/c1c(C)nc(N)nc1NCc1ccccc1.Cc1nc(N)nc(NCc2ccccc2)c1I. The van der Waals surface area contributed by atoms with Crippen LogP contribution in [0.5, 0.6) is 0 Å². The van der Waals surface area contributed by atoms with Crippen molar-refractivity contribution in [2.24, 2.45) is 0 Å². The van der Waals surface area contributed by atoms with Crippen LogP contribution in [-0.4, -0.2) is 32.5 Å². The number of esters is 1. The fourth-order valence-electron chi connectivity index (χ4n) is 3.54. The van der Waals surface area contributed by atoms with E-state index in [1.165, 1.54) is 11.6 Å². The van der Waals surface area contributed by atoms with E-state index < -0.39 is 5.97 Å². The Morgan fingerprint density at radius 1 is 0.825 bits per heavy atom. The molecular formula is C29H33IN8O2. The molecule has 4 rings (SSSR count). The van der Waals surface area contributed by atoms with Gasteiger partial charge in [-0.1, -0.05) is 60.7 Å². The molecule has 0 aliphatic rings. The van der Waals surface area contributed by atoms with Crippen LogP contribution in [0.15, 0.2) is 66.7 Å². The molecule has 40 heavy (non-hydrogen) atoms. The lowest BCUT2D eigenvalue weighted by Gasteiger charge is -2.11. The van der Waals surface area contributed by atoms with Gasteiger partial charge in [-0.25, -0.2) is 14.8 Å². The zero-order chi connectivity index (χ0) is 28.9. The largest absolute Gasteiger partial charge is 0.463 e. The summed E-state index contributed by atoms with van der Waals surface area (Å²) in [5, 5.41) is 6.50. The van der Waals surface area contributed by atoms with Gasteiger partial charge in [0.05, 0.1) is 21.6 Å². The van der Waals surface area contributed by atoms with Crippen LogP contribution in [0.3, 0.4) is 0 Å². The number of aromatic nitrogens is 4. The molecule has 0 aliphatic carbocycles. The van der Waals surface area contributed by atoms with Crippen molar-refractivity contribution in [3.63, 3.8) is 0 Å². The molecule has 6 N–H and O–H groups in total. The monoisotopic (exact) mass is 652 g/mol. The van der Waals surface area contributed by atoms with Crippen LogP contribution < -0.4 is 22.1 Å². The molecule has 0 bridgehead atoms. The van der Waals surface area contributed by atoms with Crippen LogP contribution in [0.2, 0.25) is 0 Å². The van der Waals surface area contributed by atoms with Crippen LogP contribution in [0.4, 0.5) is 23.5 Å². The highest BCUT2D eigenvalue weighted by Gasteiger charge is 2.09. The van der Waals surface area contributed by atoms with Gasteiger partial charge in [-0.3, -0.25) is 0 Å². The van der Waals surface area contributed by atoms with Gasteiger partial charge in [0.2, 0.25) is 11.9 Å². The number of nitrogens with zero attached hydrogens (tertiary/aromatic N) is 4. The summed E-state index contributed by atoms with van der Waals surface area (Å²) in [4.78, 5) is 28.2. The van der Waals surface area contributed by atoms with Gasteiger partial charge in [0.25, 0.3) is 0 Å². The maximum atomic E-state index is 11.5. The molecule has 11 heteroatoms. The first-order valence-electron chi connectivity index (χ1n) is 12.6. The predicted molar refractivity (Wildman–Crippen MR) is 168 cm³/mol. The second-order valence-corrected chi connectivity index (χ2v) is 9.60. The van der Waals surface area contributed by atoms with Crippen LogP contribution in [0.25, 0.3) is 6.08 Å². The van der Waals surface area contributed by atoms with E-state index in [1.807, 2.05) is 62.4 Å². The summed E-state index contributed by atoms with van der Waals surface area (Å²) in [5.41, 5.74) is 16.0. The Bertz CT molecular complexity index is 1430. The molecule has 0 saturated heterocycles. The number of nitrogens with two attached hydrogens (primary N) is 2. The summed E-state index contributed by atoms with van der Waals surface area (Å²) >= 11 is 2.22. The van der Waals surface area contributed by atoms with Gasteiger partial charge < -0.3 is 26.8 Å². The number of halogens is 1. The molecule has 208 valence electrons. The molecule has 2 heterocycles. The van der Waals surface area contributed by atoms with E-state index in [2.05, 4.69) is 65.3 Å². The Labute approximate surface area is 247 Å². The van der Waals surface area contributed by atoms with Crippen LogP contribution >= 0.6 is 22.6 Å². The summed E-state index contributed by atoms with van der Waals surface area (Å²) in [7, 11) is 0. The van der Waals surface area contributed by atoms with E-state index in [0.717, 1.165) is 27.2 Å². The molecule has 0 aliphatic heterocycles. The fourth-order valence-corrected chi connectivity index (χ4v) is 3.97. The number of ether oxygens (including phenoxy) is 1. The molecule has 2 aromatic heterocycles. The second kappa shape index (κ2) is 15.4. The van der Waals surface area contributed by atoms with Gasteiger partial charge in [0, 0.05) is 24.7 Å². The number of hydrogen-bond donors (Lipinski definition) is 4. The summed E-state index contributed by atoms with van der Waals surface area (Å²) < 4.78 is 5.89. The van der Waals surface area contributed by atoms with Crippen molar-refractivity contribution in [3.05, 3.63) is 98.4 Å². The van der Waals surface area contributed by atoms with Crippen molar-refractivity contribution in [2.45, 2.75) is 33.9 Å². The molecule has 0 atom stereocenters. The number of anilines is 4. The molecule has 2 aromatic carbocycles. The van der Waals surface area contributed by atoms with Gasteiger partial charge >= 0.3 is 5.97 Å². The molecule has 0 unspecified atom stereocenters. The Balaban J connectivity index is 0.000000230. The molecule has 10 nitrogen and oxygen atoms in total. The first-order chi connectivity index (χ1) is 19.3. The molecule has 4 aromatic rings. The van der Waals surface area contributed by atoms with Gasteiger partial charge in [0.1, 0.15) is 11.6 Å². The first kappa shape index (κ1) is 30.3. The zero-order valence-corrected chi connectivity index (χ0v) is 24.8. The number of aryl methyl sites for hydroxylation is 2. The van der Waals surface area contributed by atoms with Crippen molar-refractivity contribution < 1.29 is 9.53 Å². The third-order valence-electron chi connectivity index (χ3n) is 5.47. The normalized spacial score (nSPS) is 10.5. The lowest BCUT2D eigenvalue weighted by atomic mass is 10.2. The van der Waals surface area contributed by atoms with Crippen LogP contribution in [0, 0.1) is 17.4 Å². The Morgan fingerprint density at radius 2 is 1.32 bits per heavy atom. The van der Waals surface area contributed by atoms with Crippen molar-refractivity contribution in [1.29, 1.82) is 0 Å². The first-order valence-corrected chi connectivity index (χ1v) is 13.7. The number of rotatable bonds is 9. The van der Waals surface area contributed by atoms with Crippen molar-refractivity contribution >= 4 is 58.2 Å². The van der Waals surface area contributed by atoms with Crippen molar-refractivity contribution in [1.82, 2.24) is 19.9 Å². The van der Waals surface area contributed by atoms with Gasteiger partial charge in [-0.2, -0.15) is 9.97 Å². The molecule has 0 fully saturated rings. The summed E-state index contributed by atoms with van der Waals surface area (Å²) in [6, 6.07) is 20.1. The Hall–Kier alpha value is -4.26. The Morgan fingerprint density at radius 3 is 1.88 bits per heavy atom. The molecule has 0 saturated carbocycles. The Kier molecular flexibility index (Phi) is 11.6. The molecule has 0 radical (unpaired) electrons. The topological polar surface area (TPSA) is 154 Å². The lowest BCUT2D eigenvalue weighted by Crippen LogP contribution is -2.08. The third-order valence-corrected chi connectivity index (χ3v) is 6.76. The van der Waals surface area contributed by atoms with E-state index in [0.29, 0.717) is 36.2 Å². The minimum absolute atomic E-state index is 0.186. The van der Waals surface area contributed by atoms with E-state index in [9.17, 15) is 4.79 Å². The average molecular weight is 653 g/mol. The van der Waals surface area contributed by atoms with E-state index >= 15 is 0 Å². The predicted octanol–water partition coefficient (Wildman–Crippen LogP) is 5.14.